The zero-order valence-electron chi connectivity index (χ0n) is 17.2. The first-order chi connectivity index (χ1) is 14.2. The second-order valence-corrected chi connectivity index (χ2v) is 6.98. The summed E-state index contributed by atoms with van der Waals surface area (Å²) in [5.74, 6) is 2.38. The molecule has 4 nitrogen and oxygen atoms in total. The number of hydrogen-bond donors (Lipinski definition) is 1. The maximum Gasteiger partial charge on any atom is 0.166 e. The summed E-state index contributed by atoms with van der Waals surface area (Å²) in [5.41, 5.74) is 3.30. The highest BCUT2D eigenvalue weighted by atomic mass is 35.5. The minimum atomic E-state index is 0. The van der Waals surface area contributed by atoms with Crippen molar-refractivity contribution in [1.82, 2.24) is 5.32 Å². The molecule has 0 heterocycles. The van der Waals surface area contributed by atoms with Crippen LogP contribution in [0.3, 0.4) is 0 Å². The van der Waals surface area contributed by atoms with Crippen molar-refractivity contribution in [2.45, 2.75) is 26.6 Å². The highest BCUT2D eigenvalue weighted by Crippen LogP contribution is 2.32. The number of rotatable bonds is 10. The van der Waals surface area contributed by atoms with Gasteiger partial charge in [0, 0.05) is 23.7 Å². The number of hydrogen-bond acceptors (Lipinski definition) is 4. The standard InChI is InChI=1S/C24H26ClNO3.ClH/c1-3-28-23-6-4-5-20(16-26-15-18-9-13-22(27-2)14-10-18)24(23)29-17-19-7-11-21(25)12-8-19;/h4-14,26H,3,15-17H2,1-2H3;1H. The van der Waals surface area contributed by atoms with Gasteiger partial charge in [0.1, 0.15) is 12.4 Å². The van der Waals surface area contributed by atoms with E-state index in [4.69, 9.17) is 25.8 Å². The smallest absolute Gasteiger partial charge is 0.166 e. The summed E-state index contributed by atoms with van der Waals surface area (Å²) < 4.78 is 17.1. The fourth-order valence-corrected chi connectivity index (χ4v) is 3.08. The summed E-state index contributed by atoms with van der Waals surface area (Å²) in [7, 11) is 1.67. The van der Waals surface area contributed by atoms with E-state index < -0.39 is 0 Å². The molecule has 0 spiro atoms. The Kier molecular flexibility index (Phi) is 9.81. The van der Waals surface area contributed by atoms with Crippen LogP contribution in [0.4, 0.5) is 0 Å². The molecule has 0 aliphatic rings. The van der Waals surface area contributed by atoms with E-state index in [1.807, 2.05) is 55.5 Å². The van der Waals surface area contributed by atoms with Crippen LogP contribution in [-0.2, 0) is 19.7 Å². The fraction of sp³-hybridized carbons (Fsp3) is 0.250. The first-order valence-corrected chi connectivity index (χ1v) is 10.0. The maximum absolute atomic E-state index is 6.16. The van der Waals surface area contributed by atoms with Crippen molar-refractivity contribution in [1.29, 1.82) is 0 Å². The molecule has 0 aliphatic heterocycles. The Labute approximate surface area is 189 Å². The van der Waals surface area contributed by atoms with Crippen LogP contribution in [-0.4, -0.2) is 13.7 Å². The van der Waals surface area contributed by atoms with Gasteiger partial charge >= 0.3 is 0 Å². The number of halogens is 2. The summed E-state index contributed by atoms with van der Waals surface area (Å²) in [6.45, 7) is 4.42. The van der Waals surface area contributed by atoms with Crippen LogP contribution in [0.2, 0.25) is 5.02 Å². The normalized spacial score (nSPS) is 10.2. The third-order valence-electron chi connectivity index (χ3n) is 4.46. The van der Waals surface area contributed by atoms with Gasteiger partial charge in [-0.25, -0.2) is 0 Å². The molecule has 0 aromatic heterocycles. The molecule has 0 aliphatic carbocycles. The van der Waals surface area contributed by atoms with Crippen molar-refractivity contribution in [2.75, 3.05) is 13.7 Å². The molecular formula is C24H27Cl2NO3. The lowest BCUT2D eigenvalue weighted by Gasteiger charge is -2.17. The van der Waals surface area contributed by atoms with E-state index in [-0.39, 0.29) is 12.4 Å². The molecule has 0 saturated heterocycles. The van der Waals surface area contributed by atoms with E-state index in [2.05, 4.69) is 23.5 Å². The SMILES string of the molecule is CCOc1cccc(CNCc2ccc(OC)cc2)c1OCc1ccc(Cl)cc1.Cl. The molecule has 3 rings (SSSR count). The first-order valence-electron chi connectivity index (χ1n) is 9.65. The molecule has 30 heavy (non-hydrogen) atoms. The molecule has 0 bridgehead atoms. The molecule has 1 N–H and O–H groups in total. The minimum absolute atomic E-state index is 0. The molecule has 0 amide bonds. The van der Waals surface area contributed by atoms with Crippen molar-refractivity contribution in [2.24, 2.45) is 0 Å². The molecule has 0 saturated carbocycles. The monoisotopic (exact) mass is 447 g/mol. The first kappa shape index (κ1) is 23.9. The molecule has 3 aromatic rings. The lowest BCUT2D eigenvalue weighted by Crippen LogP contribution is -2.14. The maximum atomic E-state index is 6.16. The van der Waals surface area contributed by atoms with Gasteiger partial charge in [0.15, 0.2) is 11.5 Å². The van der Waals surface area contributed by atoms with E-state index in [1.54, 1.807) is 7.11 Å². The second kappa shape index (κ2) is 12.3. The Hall–Kier alpha value is -2.40. The second-order valence-electron chi connectivity index (χ2n) is 6.54. The molecular weight excluding hydrogens is 421 g/mol. The third-order valence-corrected chi connectivity index (χ3v) is 4.71. The highest BCUT2D eigenvalue weighted by Gasteiger charge is 2.11. The Balaban J connectivity index is 0.00000320. The van der Waals surface area contributed by atoms with Crippen LogP contribution in [0.5, 0.6) is 17.2 Å². The summed E-state index contributed by atoms with van der Waals surface area (Å²) in [6, 6.07) is 21.7. The summed E-state index contributed by atoms with van der Waals surface area (Å²) in [6.07, 6.45) is 0. The third kappa shape index (κ3) is 6.84. The van der Waals surface area contributed by atoms with Gasteiger partial charge in [-0.05, 0) is 48.4 Å². The van der Waals surface area contributed by atoms with E-state index in [1.165, 1.54) is 5.56 Å². The van der Waals surface area contributed by atoms with Gasteiger partial charge in [0.2, 0.25) is 0 Å². The van der Waals surface area contributed by atoms with Crippen LogP contribution in [0, 0.1) is 0 Å². The summed E-state index contributed by atoms with van der Waals surface area (Å²) in [4.78, 5) is 0. The highest BCUT2D eigenvalue weighted by molar-refractivity contribution is 6.30. The van der Waals surface area contributed by atoms with Gasteiger partial charge in [0.25, 0.3) is 0 Å². The number of para-hydroxylation sites is 1. The summed E-state index contributed by atoms with van der Waals surface area (Å²) >= 11 is 5.97. The van der Waals surface area contributed by atoms with Crippen molar-refractivity contribution < 1.29 is 14.2 Å². The van der Waals surface area contributed by atoms with Gasteiger partial charge in [-0.3, -0.25) is 0 Å². The van der Waals surface area contributed by atoms with Gasteiger partial charge in [-0.1, -0.05) is 48.0 Å². The van der Waals surface area contributed by atoms with Crippen LogP contribution >= 0.6 is 24.0 Å². The number of benzene rings is 3. The Morgan fingerprint density at radius 2 is 1.53 bits per heavy atom. The largest absolute Gasteiger partial charge is 0.497 e. The van der Waals surface area contributed by atoms with Crippen LogP contribution in [0.25, 0.3) is 0 Å². The van der Waals surface area contributed by atoms with Crippen LogP contribution in [0.15, 0.2) is 66.7 Å². The Morgan fingerprint density at radius 1 is 0.833 bits per heavy atom. The number of nitrogens with one attached hydrogen (secondary N) is 1. The average Bonchev–Trinajstić information content (AvgIpc) is 2.75. The number of methoxy groups -OCH3 is 1. The van der Waals surface area contributed by atoms with Crippen molar-refractivity contribution in [3.05, 3.63) is 88.4 Å². The van der Waals surface area contributed by atoms with Crippen LogP contribution in [0.1, 0.15) is 23.6 Å². The average molecular weight is 448 g/mol. The van der Waals surface area contributed by atoms with E-state index in [9.17, 15) is 0 Å². The molecule has 0 fully saturated rings. The van der Waals surface area contributed by atoms with Crippen molar-refractivity contribution in [3.8, 4) is 17.2 Å². The molecule has 3 aromatic carbocycles. The quantitative estimate of drug-likeness (QED) is 0.411. The van der Waals surface area contributed by atoms with Gasteiger partial charge < -0.3 is 19.5 Å². The van der Waals surface area contributed by atoms with E-state index in [0.717, 1.165) is 34.9 Å². The zero-order valence-corrected chi connectivity index (χ0v) is 18.8. The van der Waals surface area contributed by atoms with Gasteiger partial charge in [0.05, 0.1) is 13.7 Å². The van der Waals surface area contributed by atoms with Crippen molar-refractivity contribution >= 4 is 24.0 Å². The molecule has 0 atom stereocenters. The predicted molar refractivity (Wildman–Crippen MR) is 124 cm³/mol. The van der Waals surface area contributed by atoms with Crippen LogP contribution < -0.4 is 19.5 Å². The fourth-order valence-electron chi connectivity index (χ4n) is 2.95. The topological polar surface area (TPSA) is 39.7 Å². The van der Waals surface area contributed by atoms with Gasteiger partial charge in [-0.2, -0.15) is 0 Å². The van der Waals surface area contributed by atoms with Crippen molar-refractivity contribution in [3.63, 3.8) is 0 Å². The molecule has 160 valence electrons. The van der Waals surface area contributed by atoms with E-state index in [0.29, 0.717) is 24.8 Å². The molecule has 6 heteroatoms. The minimum Gasteiger partial charge on any atom is -0.497 e. The Morgan fingerprint density at radius 3 is 2.20 bits per heavy atom. The lowest BCUT2D eigenvalue weighted by molar-refractivity contribution is 0.266. The zero-order chi connectivity index (χ0) is 20.5. The summed E-state index contributed by atoms with van der Waals surface area (Å²) in [5, 5.41) is 4.19. The predicted octanol–water partition coefficient (Wildman–Crippen LogP) is 6.04. The Bertz CT molecular complexity index is 899. The number of ether oxygens (including phenoxy) is 3. The van der Waals surface area contributed by atoms with E-state index >= 15 is 0 Å². The molecule has 0 radical (unpaired) electrons. The molecule has 0 unspecified atom stereocenters. The lowest BCUT2D eigenvalue weighted by atomic mass is 10.1. The van der Waals surface area contributed by atoms with Gasteiger partial charge in [-0.15, -0.1) is 12.4 Å².